The molecule has 0 saturated carbocycles. The van der Waals surface area contributed by atoms with E-state index in [4.69, 9.17) is 4.74 Å². The molecule has 0 aromatic carbocycles. The lowest BCUT2D eigenvalue weighted by Gasteiger charge is -2.16. The number of fused-ring (bicyclic) bond motifs is 1. The van der Waals surface area contributed by atoms with E-state index < -0.39 is 24.4 Å². The first-order valence-corrected chi connectivity index (χ1v) is 6.77. The second-order valence-corrected chi connectivity index (χ2v) is 5.05. The van der Waals surface area contributed by atoms with Gasteiger partial charge in [-0.25, -0.2) is 9.97 Å². The Balaban J connectivity index is 1.67. The average molecular weight is 331 g/mol. The molecule has 3 rings (SSSR count). The topological polar surface area (TPSA) is 102 Å². The number of aromatic nitrogens is 4. The molecule has 2 aromatic heterocycles. The monoisotopic (exact) mass is 331 g/mol. The summed E-state index contributed by atoms with van der Waals surface area (Å²) in [5, 5.41) is 1.79. The maximum absolute atomic E-state index is 12.1. The molecule has 0 radical (unpaired) electrons. The summed E-state index contributed by atoms with van der Waals surface area (Å²) in [5.74, 6) is -1.99. The van der Waals surface area contributed by atoms with Crippen LogP contribution in [0.1, 0.15) is 19.1 Å². The fourth-order valence-electron chi connectivity index (χ4n) is 2.42. The zero-order valence-corrected chi connectivity index (χ0v) is 11.6. The number of carbonyl (C=O) groups excluding carboxylic acids is 1. The minimum atomic E-state index is -4.91. The van der Waals surface area contributed by atoms with Crippen molar-refractivity contribution in [3.05, 3.63) is 23.0 Å². The largest absolute Gasteiger partial charge is 0.471 e. The number of imidazole rings is 1. The lowest BCUT2D eigenvalue weighted by Crippen LogP contribution is -2.40. The Hall–Kier alpha value is -2.43. The van der Waals surface area contributed by atoms with Crippen molar-refractivity contribution in [2.75, 3.05) is 6.54 Å². The van der Waals surface area contributed by atoms with Crippen LogP contribution in [0.4, 0.5) is 13.2 Å². The lowest BCUT2D eigenvalue weighted by atomic mass is 10.2. The summed E-state index contributed by atoms with van der Waals surface area (Å²) in [4.78, 5) is 32.7. The Bertz CT molecular complexity index is 784. The smallest absolute Gasteiger partial charge is 0.353 e. The third kappa shape index (κ3) is 3.04. The summed E-state index contributed by atoms with van der Waals surface area (Å²) in [5.41, 5.74) is 0.101. The zero-order valence-electron chi connectivity index (χ0n) is 11.6. The van der Waals surface area contributed by atoms with Crippen molar-refractivity contribution in [1.29, 1.82) is 0 Å². The minimum absolute atomic E-state index is 0.157. The second-order valence-electron chi connectivity index (χ2n) is 5.05. The molecular weight excluding hydrogens is 319 g/mol. The quantitative estimate of drug-likeness (QED) is 0.851. The fraction of sp³-hybridized carbons (Fsp3) is 0.500. The Morgan fingerprint density at radius 1 is 1.43 bits per heavy atom. The van der Waals surface area contributed by atoms with Gasteiger partial charge in [0.15, 0.2) is 11.2 Å². The zero-order chi connectivity index (χ0) is 16.6. The molecule has 8 nitrogen and oxygen atoms in total. The molecule has 2 aromatic rings. The molecule has 0 aliphatic carbocycles. The number of amides is 1. The first kappa shape index (κ1) is 15.5. The number of H-pyrrole nitrogens is 1. The number of ether oxygens (including phenoxy) is 1. The summed E-state index contributed by atoms with van der Waals surface area (Å²) in [6, 6.07) is 0. The standard InChI is InChI=1S/C12H12F3N5O3/c13-12(14,15)11(22)16-3-6-1-2-7(23-6)20-5-19-8-9(20)17-4-18-10(8)21/h4-7H,1-3H2,(H,16,22)(H,17,18,21). The van der Waals surface area contributed by atoms with Crippen molar-refractivity contribution in [1.82, 2.24) is 24.8 Å². The molecule has 2 atom stereocenters. The van der Waals surface area contributed by atoms with E-state index >= 15 is 0 Å². The molecule has 23 heavy (non-hydrogen) atoms. The van der Waals surface area contributed by atoms with Crippen LogP contribution in [0.3, 0.4) is 0 Å². The molecular formula is C12H12F3N5O3. The van der Waals surface area contributed by atoms with E-state index in [0.717, 1.165) is 0 Å². The summed E-state index contributed by atoms with van der Waals surface area (Å²) in [7, 11) is 0. The van der Waals surface area contributed by atoms with Gasteiger partial charge in [-0.05, 0) is 12.8 Å². The molecule has 1 saturated heterocycles. The van der Waals surface area contributed by atoms with Crippen LogP contribution in [0.25, 0.3) is 11.2 Å². The normalized spacial score (nSPS) is 21.7. The van der Waals surface area contributed by atoms with Crippen molar-refractivity contribution in [3.63, 3.8) is 0 Å². The van der Waals surface area contributed by atoms with Gasteiger partial charge in [-0.1, -0.05) is 0 Å². The second kappa shape index (κ2) is 5.65. The number of hydrogen-bond acceptors (Lipinski definition) is 5. The molecule has 0 bridgehead atoms. The highest BCUT2D eigenvalue weighted by Crippen LogP contribution is 2.29. The Kier molecular flexibility index (Phi) is 3.80. The number of alkyl halides is 3. The molecule has 3 heterocycles. The fourth-order valence-corrected chi connectivity index (χ4v) is 2.42. The summed E-state index contributed by atoms with van der Waals surface area (Å²) in [6.45, 7) is -0.241. The van der Waals surface area contributed by atoms with Crippen LogP contribution in [0.2, 0.25) is 0 Å². The van der Waals surface area contributed by atoms with Gasteiger partial charge >= 0.3 is 12.1 Å². The number of nitrogens with zero attached hydrogens (tertiary/aromatic N) is 3. The highest BCUT2D eigenvalue weighted by atomic mass is 19.4. The van der Waals surface area contributed by atoms with E-state index in [1.165, 1.54) is 12.7 Å². The highest BCUT2D eigenvalue weighted by Gasteiger charge is 2.39. The molecule has 2 N–H and O–H groups in total. The SMILES string of the molecule is O=C(NCC1CCC(n2cnc3c(=O)[nH]cnc32)O1)C(F)(F)F. The molecule has 11 heteroatoms. The van der Waals surface area contributed by atoms with E-state index in [-0.39, 0.29) is 17.6 Å². The number of nitrogens with one attached hydrogen (secondary N) is 2. The van der Waals surface area contributed by atoms with Gasteiger partial charge in [0.25, 0.3) is 5.56 Å². The molecule has 124 valence electrons. The van der Waals surface area contributed by atoms with E-state index in [2.05, 4.69) is 15.0 Å². The van der Waals surface area contributed by atoms with Crippen LogP contribution in [-0.2, 0) is 9.53 Å². The van der Waals surface area contributed by atoms with Gasteiger partial charge in [0.1, 0.15) is 6.23 Å². The predicted molar refractivity (Wildman–Crippen MR) is 70.4 cm³/mol. The summed E-state index contributed by atoms with van der Waals surface area (Å²) < 4.78 is 43.5. The molecule has 0 spiro atoms. The average Bonchev–Trinajstić information content (AvgIpc) is 3.10. The van der Waals surface area contributed by atoms with Gasteiger partial charge in [-0.3, -0.25) is 14.2 Å². The first-order chi connectivity index (χ1) is 10.9. The van der Waals surface area contributed by atoms with Gasteiger partial charge in [-0.15, -0.1) is 0 Å². The number of rotatable bonds is 3. The van der Waals surface area contributed by atoms with Crippen LogP contribution in [0.15, 0.2) is 17.4 Å². The minimum Gasteiger partial charge on any atom is -0.353 e. The van der Waals surface area contributed by atoms with Crippen LogP contribution in [0.5, 0.6) is 0 Å². The van der Waals surface area contributed by atoms with Crippen molar-refractivity contribution < 1.29 is 22.7 Å². The van der Waals surface area contributed by atoms with E-state index in [1.807, 2.05) is 0 Å². The maximum Gasteiger partial charge on any atom is 0.471 e. The Labute approximate surface area is 126 Å². The molecule has 2 unspecified atom stereocenters. The van der Waals surface area contributed by atoms with E-state index in [9.17, 15) is 22.8 Å². The first-order valence-electron chi connectivity index (χ1n) is 6.77. The Morgan fingerprint density at radius 2 is 2.22 bits per heavy atom. The highest BCUT2D eigenvalue weighted by molar-refractivity contribution is 5.81. The van der Waals surface area contributed by atoms with Gasteiger partial charge in [0.05, 0.1) is 18.8 Å². The van der Waals surface area contributed by atoms with Gasteiger partial charge in [0.2, 0.25) is 0 Å². The third-order valence-corrected chi connectivity index (χ3v) is 3.51. The van der Waals surface area contributed by atoms with Crippen LogP contribution in [-0.4, -0.2) is 44.3 Å². The van der Waals surface area contributed by atoms with Crippen molar-refractivity contribution in [2.45, 2.75) is 31.3 Å². The summed E-state index contributed by atoms with van der Waals surface area (Å²) in [6.07, 6.45) is -2.36. The number of carbonyl (C=O) groups is 1. The van der Waals surface area contributed by atoms with Gasteiger partial charge < -0.3 is 15.0 Å². The molecule has 1 aliphatic heterocycles. The van der Waals surface area contributed by atoms with Crippen molar-refractivity contribution >= 4 is 17.1 Å². The summed E-state index contributed by atoms with van der Waals surface area (Å²) >= 11 is 0. The predicted octanol–water partition coefficient (Wildman–Crippen LogP) is 0.476. The van der Waals surface area contributed by atoms with Gasteiger partial charge in [0, 0.05) is 6.54 Å². The van der Waals surface area contributed by atoms with Crippen LogP contribution >= 0.6 is 0 Å². The molecule has 1 amide bonds. The lowest BCUT2D eigenvalue weighted by molar-refractivity contribution is -0.174. The van der Waals surface area contributed by atoms with Gasteiger partial charge in [-0.2, -0.15) is 13.2 Å². The number of hydrogen-bond donors (Lipinski definition) is 2. The van der Waals surface area contributed by atoms with E-state index in [1.54, 1.807) is 9.88 Å². The van der Waals surface area contributed by atoms with Crippen molar-refractivity contribution in [3.8, 4) is 0 Å². The number of aromatic amines is 1. The Morgan fingerprint density at radius 3 is 2.96 bits per heavy atom. The maximum atomic E-state index is 12.1. The number of halogens is 3. The van der Waals surface area contributed by atoms with E-state index in [0.29, 0.717) is 18.5 Å². The molecule has 1 fully saturated rings. The van der Waals surface area contributed by atoms with Crippen LogP contribution < -0.4 is 10.9 Å². The van der Waals surface area contributed by atoms with Crippen molar-refractivity contribution in [2.24, 2.45) is 0 Å². The molecule has 1 aliphatic rings. The third-order valence-electron chi connectivity index (χ3n) is 3.51. The van der Waals surface area contributed by atoms with Crippen LogP contribution in [0, 0.1) is 0 Å².